The molecule has 3 aromatic rings. The minimum atomic E-state index is -3.44. The van der Waals surface area contributed by atoms with Crippen LogP contribution in [0.1, 0.15) is 11.3 Å². The number of aromatic nitrogens is 2. The van der Waals surface area contributed by atoms with Gasteiger partial charge >= 0.3 is 0 Å². The maximum absolute atomic E-state index is 14.5. The summed E-state index contributed by atoms with van der Waals surface area (Å²) < 4.78 is 42.0. The molecule has 0 amide bonds. The second-order valence-electron chi connectivity index (χ2n) is 6.56. The molecule has 0 unspecified atom stereocenters. The summed E-state index contributed by atoms with van der Waals surface area (Å²) in [5.74, 6) is -0.479. The molecule has 146 valence electrons. The molecule has 0 atom stereocenters. The fourth-order valence-corrected chi connectivity index (χ4v) is 3.83. The number of hydrogen-bond acceptors (Lipinski definition) is 3. The second-order valence-corrected chi connectivity index (χ2v) is 8.69. The Morgan fingerprint density at radius 3 is 2.64 bits per heavy atom. The zero-order chi connectivity index (χ0) is 20.3. The van der Waals surface area contributed by atoms with Gasteiger partial charge in [0, 0.05) is 31.0 Å². The summed E-state index contributed by atoms with van der Waals surface area (Å²) in [4.78, 5) is 4.31. The predicted molar refractivity (Wildman–Crippen MR) is 109 cm³/mol. The highest BCUT2D eigenvalue weighted by Gasteiger charge is 2.19. The van der Waals surface area contributed by atoms with E-state index in [0.29, 0.717) is 11.3 Å². The van der Waals surface area contributed by atoms with E-state index in [4.69, 9.17) is 0 Å². The molecule has 5 nitrogen and oxygen atoms in total. The van der Waals surface area contributed by atoms with Gasteiger partial charge in [0.15, 0.2) is 0 Å². The fourth-order valence-electron chi connectivity index (χ4n) is 2.93. The van der Waals surface area contributed by atoms with Crippen LogP contribution in [0.2, 0.25) is 0 Å². The van der Waals surface area contributed by atoms with Crippen LogP contribution in [0.15, 0.2) is 67.5 Å². The van der Waals surface area contributed by atoms with E-state index >= 15 is 0 Å². The van der Waals surface area contributed by atoms with E-state index in [-0.39, 0.29) is 18.1 Å². The first-order valence-electron chi connectivity index (χ1n) is 8.76. The van der Waals surface area contributed by atoms with Gasteiger partial charge in [0.05, 0.1) is 23.3 Å². The highest BCUT2D eigenvalue weighted by Crippen LogP contribution is 2.28. The fraction of sp³-hybridized carbons (Fsp3) is 0.190. The van der Waals surface area contributed by atoms with Crippen LogP contribution in [0.5, 0.6) is 0 Å². The van der Waals surface area contributed by atoms with Crippen molar-refractivity contribution in [3.05, 3.63) is 84.6 Å². The van der Waals surface area contributed by atoms with E-state index in [1.165, 1.54) is 23.5 Å². The average Bonchev–Trinajstić information content (AvgIpc) is 3.06. The molecule has 0 radical (unpaired) electrons. The summed E-state index contributed by atoms with van der Waals surface area (Å²) in [6.45, 7) is 5.55. The summed E-state index contributed by atoms with van der Waals surface area (Å²) in [7, 11) is -1.92. The van der Waals surface area contributed by atoms with E-state index in [1.807, 2.05) is 29.8 Å². The van der Waals surface area contributed by atoms with Gasteiger partial charge in [0.2, 0.25) is 10.0 Å². The maximum Gasteiger partial charge on any atom is 0.217 e. The van der Waals surface area contributed by atoms with Crippen LogP contribution in [-0.4, -0.2) is 35.1 Å². The van der Waals surface area contributed by atoms with E-state index < -0.39 is 10.0 Å². The number of rotatable bonds is 7. The van der Waals surface area contributed by atoms with Crippen molar-refractivity contribution in [2.45, 2.75) is 13.5 Å². The summed E-state index contributed by atoms with van der Waals surface area (Å²) in [6.07, 6.45) is 4.88. The van der Waals surface area contributed by atoms with Crippen molar-refractivity contribution in [1.82, 2.24) is 13.9 Å². The molecule has 2 aromatic heterocycles. The van der Waals surface area contributed by atoms with Crippen LogP contribution in [0.25, 0.3) is 16.9 Å². The highest BCUT2D eigenvalue weighted by molar-refractivity contribution is 7.89. The lowest BCUT2D eigenvalue weighted by Crippen LogP contribution is -2.27. The molecule has 7 heteroatoms. The third-order valence-electron chi connectivity index (χ3n) is 4.41. The molecule has 0 N–H and O–H groups in total. The minimum absolute atomic E-state index is 0.133. The van der Waals surface area contributed by atoms with E-state index in [1.54, 1.807) is 30.5 Å². The van der Waals surface area contributed by atoms with Crippen molar-refractivity contribution >= 4 is 10.0 Å². The molecule has 0 aliphatic rings. The van der Waals surface area contributed by atoms with Crippen molar-refractivity contribution in [3.63, 3.8) is 0 Å². The molecule has 2 heterocycles. The monoisotopic (exact) mass is 399 g/mol. The first kappa shape index (κ1) is 20.0. The molecule has 0 fully saturated rings. The molecule has 0 bridgehead atoms. The molecule has 0 saturated carbocycles. The zero-order valence-corrected chi connectivity index (χ0v) is 16.7. The van der Waals surface area contributed by atoms with Crippen LogP contribution in [0.3, 0.4) is 0 Å². The van der Waals surface area contributed by atoms with Gasteiger partial charge in [0.1, 0.15) is 5.82 Å². The van der Waals surface area contributed by atoms with Gasteiger partial charge in [0.25, 0.3) is 0 Å². The molecule has 0 saturated heterocycles. The van der Waals surface area contributed by atoms with Gasteiger partial charge in [-0.3, -0.25) is 4.98 Å². The zero-order valence-electron chi connectivity index (χ0n) is 15.8. The number of halogens is 1. The maximum atomic E-state index is 14.5. The highest BCUT2D eigenvalue weighted by atomic mass is 32.2. The van der Waals surface area contributed by atoms with Gasteiger partial charge < -0.3 is 4.57 Å². The van der Waals surface area contributed by atoms with Crippen LogP contribution in [-0.2, 0) is 16.6 Å². The van der Waals surface area contributed by atoms with Gasteiger partial charge in [-0.05, 0) is 42.8 Å². The Bertz CT molecular complexity index is 1090. The first-order chi connectivity index (χ1) is 13.3. The summed E-state index contributed by atoms with van der Waals surface area (Å²) in [6, 6.07) is 12.1. The third-order valence-corrected chi connectivity index (χ3v) is 6.14. The third kappa shape index (κ3) is 4.21. The molecule has 0 aliphatic carbocycles. The average molecular weight is 399 g/mol. The van der Waals surface area contributed by atoms with Crippen molar-refractivity contribution in [2.75, 3.05) is 12.8 Å². The molecule has 28 heavy (non-hydrogen) atoms. The Kier molecular flexibility index (Phi) is 5.76. The standard InChI is InChI=1S/C21H22FN3O2S/c1-4-11-28(26,27)24(3)14-17-12-21(19-7-5-6-8-20(19)22)25(15-17)18-10-9-16(2)23-13-18/h4-10,12-13,15H,1,11,14H2,2-3H3. The van der Waals surface area contributed by atoms with Crippen molar-refractivity contribution in [2.24, 2.45) is 0 Å². The van der Waals surface area contributed by atoms with E-state index in [2.05, 4.69) is 11.6 Å². The number of hydrogen-bond donors (Lipinski definition) is 0. The lowest BCUT2D eigenvalue weighted by atomic mass is 10.1. The SMILES string of the molecule is C=CCS(=O)(=O)N(C)Cc1cc(-c2ccccc2F)n(-c2ccc(C)nc2)c1. The largest absolute Gasteiger partial charge is 0.315 e. The topological polar surface area (TPSA) is 55.2 Å². The molecular formula is C21H22FN3O2S. The summed E-state index contributed by atoms with van der Waals surface area (Å²) >= 11 is 0. The predicted octanol–water partition coefficient (Wildman–Crippen LogP) is 3.93. The lowest BCUT2D eigenvalue weighted by molar-refractivity contribution is 0.469. The Hall–Kier alpha value is -2.77. The number of nitrogens with zero attached hydrogens (tertiary/aromatic N) is 3. The Labute approximate surface area is 164 Å². The number of benzene rings is 1. The van der Waals surface area contributed by atoms with Crippen molar-refractivity contribution < 1.29 is 12.8 Å². The molecular weight excluding hydrogens is 377 g/mol. The van der Waals surface area contributed by atoms with Crippen LogP contribution >= 0.6 is 0 Å². The molecule has 1 aromatic carbocycles. The van der Waals surface area contributed by atoms with Crippen LogP contribution in [0.4, 0.5) is 4.39 Å². The Morgan fingerprint density at radius 2 is 2.00 bits per heavy atom. The van der Waals surface area contributed by atoms with E-state index in [9.17, 15) is 12.8 Å². The normalized spacial score (nSPS) is 11.7. The van der Waals surface area contributed by atoms with Crippen molar-refractivity contribution in [1.29, 1.82) is 0 Å². The first-order valence-corrected chi connectivity index (χ1v) is 10.4. The summed E-state index contributed by atoms with van der Waals surface area (Å²) in [5.41, 5.74) is 3.46. The van der Waals surface area contributed by atoms with Crippen LogP contribution in [0, 0.1) is 12.7 Å². The van der Waals surface area contributed by atoms with Gasteiger partial charge in [-0.2, -0.15) is 0 Å². The lowest BCUT2D eigenvalue weighted by Gasteiger charge is -2.15. The molecule has 3 rings (SSSR count). The van der Waals surface area contributed by atoms with Gasteiger partial charge in [-0.15, -0.1) is 6.58 Å². The molecule has 0 spiro atoms. The Morgan fingerprint density at radius 1 is 1.25 bits per heavy atom. The minimum Gasteiger partial charge on any atom is -0.315 e. The van der Waals surface area contributed by atoms with Crippen LogP contribution < -0.4 is 0 Å². The Balaban J connectivity index is 2.07. The second kappa shape index (κ2) is 8.08. The van der Waals surface area contributed by atoms with Gasteiger partial charge in [-0.1, -0.05) is 18.2 Å². The number of sulfonamides is 1. The number of aryl methyl sites for hydroxylation is 1. The quantitative estimate of drug-likeness (QED) is 0.566. The van der Waals surface area contributed by atoms with Crippen molar-refractivity contribution in [3.8, 4) is 16.9 Å². The summed E-state index contributed by atoms with van der Waals surface area (Å²) in [5, 5.41) is 0. The van der Waals surface area contributed by atoms with Gasteiger partial charge in [-0.25, -0.2) is 17.1 Å². The van der Waals surface area contributed by atoms with E-state index in [0.717, 1.165) is 16.9 Å². The molecule has 0 aliphatic heterocycles. The number of pyridine rings is 1. The smallest absolute Gasteiger partial charge is 0.217 e.